The predicted molar refractivity (Wildman–Crippen MR) is 145 cm³/mol. The number of amides is 2. The lowest BCUT2D eigenvalue weighted by Gasteiger charge is -2.14. The molecule has 1 heterocycles. The van der Waals surface area contributed by atoms with Crippen LogP contribution < -0.4 is 16.2 Å². The summed E-state index contributed by atoms with van der Waals surface area (Å²) in [6.45, 7) is 5.65. The van der Waals surface area contributed by atoms with E-state index < -0.39 is 5.82 Å². The van der Waals surface area contributed by atoms with Crippen LogP contribution in [0, 0.1) is 12.7 Å². The summed E-state index contributed by atoms with van der Waals surface area (Å²) in [5.74, 6) is -0.929. The van der Waals surface area contributed by atoms with Crippen LogP contribution in [0.1, 0.15) is 35.3 Å². The second kappa shape index (κ2) is 11.4. The Bertz CT molecular complexity index is 1520. The van der Waals surface area contributed by atoms with Crippen molar-refractivity contribution < 1.29 is 14.0 Å². The lowest BCUT2D eigenvalue weighted by atomic mass is 10.1. The molecular weight excluding hydrogens is 491 g/mol. The maximum absolute atomic E-state index is 13.8. The number of para-hydroxylation sites is 1. The van der Waals surface area contributed by atoms with E-state index in [1.54, 1.807) is 67.6 Å². The van der Waals surface area contributed by atoms with E-state index >= 15 is 0 Å². The summed E-state index contributed by atoms with van der Waals surface area (Å²) < 4.78 is 15.4. The van der Waals surface area contributed by atoms with Crippen molar-refractivity contribution in [1.29, 1.82) is 0 Å². The van der Waals surface area contributed by atoms with Gasteiger partial charge in [-0.1, -0.05) is 42.1 Å². The van der Waals surface area contributed by atoms with Crippen molar-refractivity contribution in [3.8, 4) is 0 Å². The Morgan fingerprint density at radius 2 is 1.78 bits per heavy atom. The molecule has 0 radical (unpaired) electrons. The first-order valence-electron chi connectivity index (χ1n) is 11.8. The van der Waals surface area contributed by atoms with E-state index in [9.17, 15) is 18.8 Å². The molecule has 4 rings (SSSR count). The number of hydrogen-bond donors (Lipinski definition) is 2. The summed E-state index contributed by atoms with van der Waals surface area (Å²) in [5.41, 5.74) is 2.50. The molecular formula is C28H27FN4O3S. The quantitative estimate of drug-likeness (QED) is 0.259. The van der Waals surface area contributed by atoms with Gasteiger partial charge in [0.05, 0.1) is 23.2 Å². The molecule has 0 aliphatic heterocycles. The third-order valence-corrected chi connectivity index (χ3v) is 6.57. The van der Waals surface area contributed by atoms with E-state index in [4.69, 9.17) is 0 Å². The second-order valence-corrected chi connectivity index (χ2v) is 9.87. The van der Waals surface area contributed by atoms with Crippen LogP contribution in [0.2, 0.25) is 0 Å². The molecule has 3 aromatic carbocycles. The number of benzene rings is 3. The molecule has 0 aliphatic rings. The van der Waals surface area contributed by atoms with Crippen molar-refractivity contribution in [3.63, 3.8) is 0 Å². The minimum atomic E-state index is -0.400. The highest BCUT2D eigenvalue weighted by Crippen LogP contribution is 2.20. The highest BCUT2D eigenvalue weighted by Gasteiger charge is 2.15. The summed E-state index contributed by atoms with van der Waals surface area (Å²) in [6, 6.07) is 18.6. The Kier molecular flexibility index (Phi) is 8.03. The van der Waals surface area contributed by atoms with Crippen molar-refractivity contribution >= 4 is 40.2 Å². The Balaban J connectivity index is 1.57. The zero-order valence-electron chi connectivity index (χ0n) is 20.7. The molecule has 0 saturated heterocycles. The van der Waals surface area contributed by atoms with Crippen molar-refractivity contribution in [2.75, 3.05) is 11.1 Å². The van der Waals surface area contributed by atoms with E-state index in [2.05, 4.69) is 15.6 Å². The third kappa shape index (κ3) is 6.42. The second-order valence-electron chi connectivity index (χ2n) is 8.93. The number of carbonyl (C=O) groups excluding carboxylic acids is 2. The van der Waals surface area contributed by atoms with Gasteiger partial charge in [0.15, 0.2) is 5.16 Å². The summed E-state index contributed by atoms with van der Waals surface area (Å²) >= 11 is 1.13. The van der Waals surface area contributed by atoms with Gasteiger partial charge in [-0.2, -0.15) is 0 Å². The van der Waals surface area contributed by atoms with Crippen molar-refractivity contribution in [1.82, 2.24) is 14.9 Å². The Hall–Kier alpha value is -3.98. The molecule has 0 atom stereocenters. The molecule has 0 fully saturated rings. The Morgan fingerprint density at radius 1 is 1.05 bits per heavy atom. The summed E-state index contributed by atoms with van der Waals surface area (Å²) in [5, 5.41) is 6.39. The van der Waals surface area contributed by atoms with Gasteiger partial charge < -0.3 is 10.6 Å². The fourth-order valence-corrected chi connectivity index (χ4v) is 4.48. The van der Waals surface area contributed by atoms with Gasteiger partial charge in [0.25, 0.3) is 11.5 Å². The van der Waals surface area contributed by atoms with Crippen LogP contribution in [0.25, 0.3) is 10.9 Å². The average molecular weight is 519 g/mol. The Labute approximate surface area is 218 Å². The zero-order chi connectivity index (χ0) is 26.5. The normalized spacial score (nSPS) is 11.1. The third-order valence-electron chi connectivity index (χ3n) is 5.59. The van der Waals surface area contributed by atoms with Crippen LogP contribution >= 0.6 is 11.8 Å². The lowest BCUT2D eigenvalue weighted by molar-refractivity contribution is -0.113. The molecule has 0 unspecified atom stereocenters. The first kappa shape index (κ1) is 26.1. The van der Waals surface area contributed by atoms with Crippen molar-refractivity contribution in [2.45, 2.75) is 38.5 Å². The number of nitrogens with zero attached hydrogens (tertiary/aromatic N) is 2. The van der Waals surface area contributed by atoms with Crippen LogP contribution in [0.5, 0.6) is 0 Å². The van der Waals surface area contributed by atoms with E-state index in [0.29, 0.717) is 32.9 Å². The fourth-order valence-electron chi connectivity index (χ4n) is 3.68. The topological polar surface area (TPSA) is 93.1 Å². The monoisotopic (exact) mass is 518 g/mol. The standard InChI is InChI=1S/C28H27FN4O3S/c1-17(2)30-26(35)20-11-9-19(10-12-20)15-33-27(36)22-6-4-5-7-24(22)32-28(33)37-16-25(34)31-21-13-8-18(3)23(29)14-21/h4-14,17H,15-16H2,1-3H3,(H,30,35)(H,31,34). The first-order valence-corrected chi connectivity index (χ1v) is 12.8. The maximum Gasteiger partial charge on any atom is 0.262 e. The molecule has 0 bridgehead atoms. The van der Waals surface area contributed by atoms with Gasteiger partial charge in [-0.25, -0.2) is 9.37 Å². The van der Waals surface area contributed by atoms with E-state index in [0.717, 1.165) is 17.3 Å². The summed E-state index contributed by atoms with van der Waals surface area (Å²) in [7, 11) is 0. The minimum absolute atomic E-state index is 0.0193. The number of thioether (sulfide) groups is 1. The predicted octanol–water partition coefficient (Wildman–Crippen LogP) is 4.76. The number of carbonyl (C=O) groups is 2. The highest BCUT2D eigenvalue weighted by molar-refractivity contribution is 7.99. The molecule has 2 amide bonds. The fraction of sp³-hybridized carbons (Fsp3) is 0.214. The maximum atomic E-state index is 13.8. The lowest BCUT2D eigenvalue weighted by Crippen LogP contribution is -2.30. The van der Waals surface area contributed by atoms with Gasteiger partial charge in [-0.3, -0.25) is 19.0 Å². The van der Waals surface area contributed by atoms with Gasteiger partial charge in [0.2, 0.25) is 5.91 Å². The van der Waals surface area contributed by atoms with Gasteiger partial charge in [0.1, 0.15) is 5.82 Å². The molecule has 1 aromatic heterocycles. The van der Waals surface area contributed by atoms with Gasteiger partial charge >= 0.3 is 0 Å². The number of anilines is 1. The average Bonchev–Trinajstić information content (AvgIpc) is 2.87. The van der Waals surface area contributed by atoms with E-state index in [1.165, 1.54) is 10.6 Å². The number of rotatable bonds is 8. The van der Waals surface area contributed by atoms with Gasteiger partial charge in [-0.15, -0.1) is 0 Å². The molecule has 0 aliphatic carbocycles. The molecule has 7 nitrogen and oxygen atoms in total. The van der Waals surface area contributed by atoms with Crippen LogP contribution in [-0.4, -0.2) is 33.2 Å². The highest BCUT2D eigenvalue weighted by atomic mass is 32.2. The molecule has 9 heteroatoms. The number of nitrogens with one attached hydrogen (secondary N) is 2. The van der Waals surface area contributed by atoms with Gasteiger partial charge in [-0.05, 0) is 68.3 Å². The largest absolute Gasteiger partial charge is 0.350 e. The SMILES string of the molecule is Cc1ccc(NC(=O)CSc2nc3ccccc3c(=O)n2Cc2ccc(C(=O)NC(C)C)cc2)cc1F. The molecule has 37 heavy (non-hydrogen) atoms. The number of halogens is 1. The number of fused-ring (bicyclic) bond motifs is 1. The van der Waals surface area contributed by atoms with Gasteiger partial charge in [0, 0.05) is 17.3 Å². The van der Waals surface area contributed by atoms with Crippen molar-refractivity contribution in [3.05, 3.63) is 99.6 Å². The molecule has 190 valence electrons. The minimum Gasteiger partial charge on any atom is -0.350 e. The Morgan fingerprint density at radius 3 is 2.49 bits per heavy atom. The molecule has 0 spiro atoms. The number of aromatic nitrogens is 2. The van der Waals surface area contributed by atoms with Crippen LogP contribution in [-0.2, 0) is 11.3 Å². The van der Waals surface area contributed by atoms with E-state index in [1.807, 2.05) is 13.8 Å². The summed E-state index contributed by atoms with van der Waals surface area (Å²) in [4.78, 5) is 42.8. The smallest absolute Gasteiger partial charge is 0.262 e. The number of aryl methyl sites for hydroxylation is 1. The summed E-state index contributed by atoms with van der Waals surface area (Å²) in [6.07, 6.45) is 0. The molecule has 0 saturated carbocycles. The van der Waals surface area contributed by atoms with Crippen LogP contribution in [0.4, 0.5) is 10.1 Å². The van der Waals surface area contributed by atoms with Crippen molar-refractivity contribution in [2.24, 2.45) is 0 Å². The molecule has 4 aromatic rings. The molecule has 2 N–H and O–H groups in total. The van der Waals surface area contributed by atoms with E-state index in [-0.39, 0.29) is 35.7 Å². The van der Waals surface area contributed by atoms with Crippen LogP contribution in [0.15, 0.2) is 76.7 Å². The first-order chi connectivity index (χ1) is 17.7. The van der Waals surface area contributed by atoms with Crippen LogP contribution in [0.3, 0.4) is 0 Å². The zero-order valence-corrected chi connectivity index (χ0v) is 21.6. The number of hydrogen-bond acceptors (Lipinski definition) is 5.